The molecule has 6 heteroatoms. The largest absolute Gasteiger partial charge is 0.504 e. The number of halogens is 2. The van der Waals surface area contributed by atoms with E-state index in [2.05, 4.69) is 62.6 Å². The number of aromatic hydroxyl groups is 1. The van der Waals surface area contributed by atoms with E-state index in [1.165, 1.54) is 11.1 Å². The van der Waals surface area contributed by atoms with E-state index in [-0.39, 0.29) is 11.8 Å². The van der Waals surface area contributed by atoms with Crippen LogP contribution in [-0.4, -0.2) is 25.9 Å². The molecule has 0 amide bonds. The van der Waals surface area contributed by atoms with E-state index in [4.69, 9.17) is 9.47 Å². The molecule has 1 aliphatic rings. The standard InChI is InChI=1S/C18H19I2NO3/c1-23-17-8-11-3-4-21-15(12(11)9-16(17)22)7-10-5-13(19)18(24-2)14(20)6-10/h5-6,8-9,15,21-22H,3-4,7H2,1-2H3/t15-/m1/s1. The van der Waals surface area contributed by atoms with Crippen molar-refractivity contribution in [2.45, 2.75) is 18.9 Å². The first kappa shape index (κ1) is 18.1. The third kappa shape index (κ3) is 3.60. The Bertz CT molecular complexity index is 741. The molecule has 2 aromatic carbocycles. The van der Waals surface area contributed by atoms with Gasteiger partial charge in [-0.05, 0) is 106 Å². The lowest BCUT2D eigenvalue weighted by molar-refractivity contribution is 0.370. The number of methoxy groups -OCH3 is 2. The molecular weight excluding hydrogens is 532 g/mol. The van der Waals surface area contributed by atoms with Crippen LogP contribution < -0.4 is 14.8 Å². The van der Waals surface area contributed by atoms with E-state index in [1.54, 1.807) is 14.2 Å². The number of phenols is 1. The summed E-state index contributed by atoms with van der Waals surface area (Å²) >= 11 is 4.63. The molecule has 2 N–H and O–H groups in total. The van der Waals surface area contributed by atoms with Crippen molar-refractivity contribution in [2.75, 3.05) is 20.8 Å². The Morgan fingerprint density at radius 3 is 2.46 bits per heavy atom. The molecule has 0 aliphatic carbocycles. The summed E-state index contributed by atoms with van der Waals surface area (Å²) in [5, 5.41) is 13.7. The second kappa shape index (κ2) is 7.65. The number of nitrogens with one attached hydrogen (secondary N) is 1. The third-order valence-electron chi connectivity index (χ3n) is 4.30. The zero-order chi connectivity index (χ0) is 17.3. The molecule has 0 aromatic heterocycles. The Morgan fingerprint density at radius 1 is 1.12 bits per heavy atom. The van der Waals surface area contributed by atoms with Crippen LogP contribution in [0.3, 0.4) is 0 Å². The van der Waals surface area contributed by atoms with Crippen molar-refractivity contribution in [1.29, 1.82) is 0 Å². The van der Waals surface area contributed by atoms with Gasteiger partial charge < -0.3 is 19.9 Å². The molecule has 0 fully saturated rings. The molecule has 0 saturated carbocycles. The maximum Gasteiger partial charge on any atom is 0.160 e. The summed E-state index contributed by atoms with van der Waals surface area (Å²) in [6.07, 6.45) is 1.81. The van der Waals surface area contributed by atoms with Gasteiger partial charge in [0, 0.05) is 6.04 Å². The van der Waals surface area contributed by atoms with Gasteiger partial charge in [0.25, 0.3) is 0 Å². The second-order valence-corrected chi connectivity index (χ2v) is 8.10. The van der Waals surface area contributed by atoms with Crippen LogP contribution in [-0.2, 0) is 12.8 Å². The highest BCUT2D eigenvalue weighted by molar-refractivity contribution is 14.1. The third-order valence-corrected chi connectivity index (χ3v) is 5.91. The van der Waals surface area contributed by atoms with E-state index in [0.29, 0.717) is 5.75 Å². The molecule has 0 spiro atoms. The van der Waals surface area contributed by atoms with Crippen LogP contribution >= 0.6 is 45.2 Å². The fourth-order valence-electron chi connectivity index (χ4n) is 3.17. The van der Waals surface area contributed by atoms with Crippen molar-refractivity contribution in [2.24, 2.45) is 0 Å². The van der Waals surface area contributed by atoms with Crippen LogP contribution in [0.15, 0.2) is 24.3 Å². The van der Waals surface area contributed by atoms with E-state index in [9.17, 15) is 5.11 Å². The smallest absolute Gasteiger partial charge is 0.160 e. The lowest BCUT2D eigenvalue weighted by Crippen LogP contribution is -2.31. The predicted octanol–water partition coefficient (Wildman–Crippen LogP) is 4.05. The SMILES string of the molecule is COc1cc2c(cc1O)[C@@H](Cc1cc(I)c(OC)c(I)c1)NCC2. The van der Waals surface area contributed by atoms with E-state index >= 15 is 0 Å². The van der Waals surface area contributed by atoms with Gasteiger partial charge in [0.15, 0.2) is 11.5 Å². The highest BCUT2D eigenvalue weighted by atomic mass is 127. The summed E-state index contributed by atoms with van der Waals surface area (Å²) < 4.78 is 12.9. The molecule has 3 rings (SSSR count). The highest BCUT2D eigenvalue weighted by Crippen LogP contribution is 2.36. The minimum Gasteiger partial charge on any atom is -0.504 e. The van der Waals surface area contributed by atoms with Gasteiger partial charge in [-0.2, -0.15) is 0 Å². The summed E-state index contributed by atoms with van der Waals surface area (Å²) in [6, 6.07) is 8.32. The summed E-state index contributed by atoms with van der Waals surface area (Å²) in [7, 11) is 3.29. The van der Waals surface area contributed by atoms with E-state index in [1.807, 2.05) is 12.1 Å². The lowest BCUT2D eigenvalue weighted by Gasteiger charge is -2.28. The number of benzene rings is 2. The second-order valence-electron chi connectivity index (χ2n) is 5.78. The molecule has 0 saturated heterocycles. The molecule has 0 radical (unpaired) electrons. The van der Waals surface area contributed by atoms with Gasteiger partial charge in [0.1, 0.15) is 5.75 Å². The van der Waals surface area contributed by atoms with Gasteiger partial charge in [0.2, 0.25) is 0 Å². The Balaban J connectivity index is 1.92. The van der Waals surface area contributed by atoms with Gasteiger partial charge in [-0.1, -0.05) is 0 Å². The maximum absolute atomic E-state index is 10.1. The van der Waals surface area contributed by atoms with Crippen molar-refractivity contribution in [3.05, 3.63) is 48.1 Å². The Labute approximate surface area is 169 Å². The van der Waals surface area contributed by atoms with Gasteiger partial charge in [-0.15, -0.1) is 0 Å². The number of hydrogen-bond donors (Lipinski definition) is 2. The van der Waals surface area contributed by atoms with Gasteiger partial charge in [-0.3, -0.25) is 0 Å². The number of fused-ring (bicyclic) bond motifs is 1. The summed E-state index contributed by atoms with van der Waals surface area (Å²) in [6.45, 7) is 0.927. The van der Waals surface area contributed by atoms with Crippen LogP contribution in [0.4, 0.5) is 0 Å². The topological polar surface area (TPSA) is 50.7 Å². The van der Waals surface area contributed by atoms with Crippen molar-refractivity contribution in [3.63, 3.8) is 0 Å². The zero-order valence-corrected chi connectivity index (χ0v) is 17.8. The molecule has 1 aliphatic heterocycles. The van der Waals surface area contributed by atoms with Crippen LogP contribution in [0.25, 0.3) is 0 Å². The quantitative estimate of drug-likeness (QED) is 0.564. The Hall–Kier alpha value is -0.740. The fraction of sp³-hybridized carbons (Fsp3) is 0.333. The van der Waals surface area contributed by atoms with Crippen molar-refractivity contribution < 1.29 is 14.6 Å². The molecule has 0 bridgehead atoms. The maximum atomic E-state index is 10.1. The highest BCUT2D eigenvalue weighted by Gasteiger charge is 2.23. The molecular formula is C18H19I2NO3. The average Bonchev–Trinajstić information content (AvgIpc) is 2.54. The van der Waals surface area contributed by atoms with E-state index in [0.717, 1.165) is 37.8 Å². The number of hydrogen-bond acceptors (Lipinski definition) is 4. The molecule has 128 valence electrons. The normalized spacial score (nSPS) is 16.6. The molecule has 24 heavy (non-hydrogen) atoms. The first-order valence-corrected chi connectivity index (χ1v) is 9.84. The summed E-state index contributed by atoms with van der Waals surface area (Å²) in [4.78, 5) is 0. The number of phenolic OH excluding ortho intramolecular Hbond substituents is 1. The minimum atomic E-state index is 0.186. The monoisotopic (exact) mass is 551 g/mol. The lowest BCUT2D eigenvalue weighted by atomic mass is 9.90. The molecule has 1 heterocycles. The molecule has 0 unspecified atom stereocenters. The number of ether oxygens (including phenoxy) is 2. The van der Waals surface area contributed by atoms with Crippen LogP contribution in [0.1, 0.15) is 22.7 Å². The number of rotatable bonds is 4. The van der Waals surface area contributed by atoms with Crippen LogP contribution in [0.2, 0.25) is 0 Å². The Morgan fingerprint density at radius 2 is 1.83 bits per heavy atom. The average molecular weight is 551 g/mol. The van der Waals surface area contributed by atoms with Crippen LogP contribution in [0.5, 0.6) is 17.2 Å². The molecule has 1 atom stereocenters. The van der Waals surface area contributed by atoms with Crippen LogP contribution in [0, 0.1) is 7.14 Å². The first-order chi connectivity index (χ1) is 11.5. The Kier molecular flexibility index (Phi) is 5.76. The zero-order valence-electron chi connectivity index (χ0n) is 13.5. The van der Waals surface area contributed by atoms with Gasteiger partial charge in [0.05, 0.1) is 21.4 Å². The summed E-state index contributed by atoms with van der Waals surface area (Å²) in [5.74, 6) is 1.67. The van der Waals surface area contributed by atoms with Crippen molar-refractivity contribution in [1.82, 2.24) is 5.32 Å². The van der Waals surface area contributed by atoms with Gasteiger partial charge >= 0.3 is 0 Å². The van der Waals surface area contributed by atoms with E-state index < -0.39 is 0 Å². The molecule has 4 nitrogen and oxygen atoms in total. The summed E-state index contributed by atoms with van der Waals surface area (Å²) in [5.41, 5.74) is 3.65. The minimum absolute atomic E-state index is 0.186. The van der Waals surface area contributed by atoms with Crippen molar-refractivity contribution >= 4 is 45.2 Å². The first-order valence-electron chi connectivity index (χ1n) is 7.68. The van der Waals surface area contributed by atoms with Gasteiger partial charge in [-0.25, -0.2) is 0 Å². The predicted molar refractivity (Wildman–Crippen MR) is 111 cm³/mol. The fourth-order valence-corrected chi connectivity index (χ4v) is 5.50. The molecule has 2 aromatic rings. The van der Waals surface area contributed by atoms with Crippen molar-refractivity contribution in [3.8, 4) is 17.2 Å².